The van der Waals surface area contributed by atoms with Crippen LogP contribution in [-0.2, 0) is 6.42 Å². The van der Waals surface area contributed by atoms with Crippen molar-refractivity contribution in [2.45, 2.75) is 200 Å². The monoisotopic (exact) mass is 1090 g/mol. The number of aliphatic imine (C=N–C) groups is 2. The molecule has 0 amide bonds. The van der Waals surface area contributed by atoms with Gasteiger partial charge in [0.1, 0.15) is 23.0 Å². The molecule has 0 aliphatic carbocycles. The van der Waals surface area contributed by atoms with Crippen LogP contribution in [0.4, 0.5) is 11.4 Å². The molecule has 0 saturated carbocycles. The standard InChI is InChI=1S/C73H94N2O6/c1-3-5-7-9-11-13-15-17-19-21-23-25-27-29-55-78-68-51-39-64(40-52-68)72(76)80-70-47-35-62(36-48-70)58-74-66-43-31-60(32-44-66)57-61-33-45-67(46-34-61)75-59-63-37-49-71(50-38-63)81-73(77)65-41-53-69(54-42-65)79-56-30-28-26-24-22-20-18-16-14-12-10-8-6-4-2/h31-54,58-59H,3-30,55-57H2,1-2H3. The molecule has 432 valence electrons. The Bertz CT molecular complexity index is 2470. The summed E-state index contributed by atoms with van der Waals surface area (Å²) < 4.78 is 23.2. The van der Waals surface area contributed by atoms with E-state index in [2.05, 4.69) is 48.1 Å². The zero-order valence-corrected chi connectivity index (χ0v) is 49.3. The van der Waals surface area contributed by atoms with E-state index in [-0.39, 0.29) is 0 Å². The summed E-state index contributed by atoms with van der Waals surface area (Å²) in [4.78, 5) is 35.1. The Morgan fingerprint density at radius 2 is 0.593 bits per heavy atom. The number of unbranched alkanes of at least 4 members (excludes halogenated alkanes) is 26. The van der Waals surface area contributed by atoms with Crippen molar-refractivity contribution in [3.63, 3.8) is 0 Å². The lowest BCUT2D eigenvalue weighted by Crippen LogP contribution is -2.08. The van der Waals surface area contributed by atoms with Crippen molar-refractivity contribution in [2.24, 2.45) is 9.98 Å². The van der Waals surface area contributed by atoms with Gasteiger partial charge in [0.2, 0.25) is 0 Å². The van der Waals surface area contributed by atoms with E-state index in [1.807, 2.05) is 72.8 Å². The molecule has 6 rings (SSSR count). The van der Waals surface area contributed by atoms with E-state index in [1.54, 1.807) is 61.0 Å². The number of rotatable bonds is 42. The number of benzene rings is 6. The predicted molar refractivity (Wildman–Crippen MR) is 337 cm³/mol. The van der Waals surface area contributed by atoms with Gasteiger partial charge in [0, 0.05) is 12.4 Å². The maximum atomic E-state index is 12.9. The average molecular weight is 1100 g/mol. The van der Waals surface area contributed by atoms with E-state index in [1.165, 1.54) is 178 Å². The van der Waals surface area contributed by atoms with Crippen molar-refractivity contribution in [3.8, 4) is 23.0 Å². The van der Waals surface area contributed by atoms with Crippen LogP contribution >= 0.6 is 0 Å². The van der Waals surface area contributed by atoms with Gasteiger partial charge in [-0.05, 0) is 163 Å². The summed E-state index contributed by atoms with van der Waals surface area (Å²) in [6.07, 6.45) is 41.7. The van der Waals surface area contributed by atoms with Gasteiger partial charge in [-0.25, -0.2) is 9.59 Å². The third-order valence-corrected chi connectivity index (χ3v) is 14.9. The normalized spacial score (nSPS) is 11.4. The first-order valence-corrected chi connectivity index (χ1v) is 31.3. The number of nitrogens with zero attached hydrogens (tertiary/aromatic N) is 2. The van der Waals surface area contributed by atoms with Gasteiger partial charge in [-0.1, -0.05) is 205 Å². The molecule has 0 atom stereocenters. The van der Waals surface area contributed by atoms with Gasteiger partial charge in [-0.3, -0.25) is 9.98 Å². The van der Waals surface area contributed by atoms with Gasteiger partial charge in [-0.15, -0.1) is 0 Å². The number of hydrogen-bond acceptors (Lipinski definition) is 8. The summed E-state index contributed by atoms with van der Waals surface area (Å²) >= 11 is 0. The Balaban J connectivity index is 0.800. The molecule has 8 heteroatoms. The van der Waals surface area contributed by atoms with Crippen molar-refractivity contribution >= 4 is 35.7 Å². The summed E-state index contributed by atoms with van der Waals surface area (Å²) in [5, 5.41) is 0. The lowest BCUT2D eigenvalue weighted by molar-refractivity contribution is 0.0725. The molecule has 0 heterocycles. The first-order chi connectivity index (χ1) is 39.9. The zero-order chi connectivity index (χ0) is 56.6. The van der Waals surface area contributed by atoms with Crippen molar-refractivity contribution in [2.75, 3.05) is 13.2 Å². The largest absolute Gasteiger partial charge is 0.494 e. The average Bonchev–Trinajstić information content (AvgIpc) is 3.50. The van der Waals surface area contributed by atoms with E-state index in [0.717, 1.165) is 53.3 Å². The van der Waals surface area contributed by atoms with Crippen LogP contribution in [0.2, 0.25) is 0 Å². The fourth-order valence-corrected chi connectivity index (χ4v) is 9.86. The molecule has 8 nitrogen and oxygen atoms in total. The van der Waals surface area contributed by atoms with Crippen molar-refractivity contribution < 1.29 is 28.5 Å². The molecule has 0 aromatic heterocycles. The summed E-state index contributed by atoms with van der Waals surface area (Å²) in [7, 11) is 0. The molecule has 0 unspecified atom stereocenters. The molecule has 0 aliphatic rings. The van der Waals surface area contributed by atoms with Crippen LogP contribution in [0.15, 0.2) is 156 Å². The maximum absolute atomic E-state index is 12.9. The highest BCUT2D eigenvalue weighted by Crippen LogP contribution is 2.23. The number of carbonyl (C=O) groups excluding carboxylic acids is 2. The molecule has 0 spiro atoms. The van der Waals surface area contributed by atoms with E-state index >= 15 is 0 Å². The summed E-state index contributed by atoms with van der Waals surface area (Å²) in [6, 6.07) is 45.4. The van der Waals surface area contributed by atoms with Crippen LogP contribution in [0.5, 0.6) is 23.0 Å². The molecule has 0 bridgehead atoms. The first kappa shape index (κ1) is 63.4. The molecule has 0 fully saturated rings. The lowest BCUT2D eigenvalue weighted by Gasteiger charge is -2.08. The van der Waals surface area contributed by atoms with Crippen molar-refractivity contribution in [3.05, 3.63) is 179 Å². The highest BCUT2D eigenvalue weighted by molar-refractivity contribution is 5.92. The number of carbonyl (C=O) groups is 2. The second kappa shape index (κ2) is 39.6. The molecule has 6 aromatic rings. The fraction of sp³-hybridized carbons (Fsp3) is 0.452. The highest BCUT2D eigenvalue weighted by Gasteiger charge is 2.11. The van der Waals surface area contributed by atoms with Crippen molar-refractivity contribution in [1.29, 1.82) is 0 Å². The van der Waals surface area contributed by atoms with Crippen LogP contribution in [0.1, 0.15) is 237 Å². The Morgan fingerprint density at radius 3 is 0.889 bits per heavy atom. The highest BCUT2D eigenvalue weighted by atomic mass is 16.5. The molecule has 0 saturated heterocycles. The van der Waals surface area contributed by atoms with Crippen LogP contribution in [0.3, 0.4) is 0 Å². The van der Waals surface area contributed by atoms with Crippen LogP contribution < -0.4 is 18.9 Å². The van der Waals surface area contributed by atoms with Gasteiger partial charge < -0.3 is 18.9 Å². The van der Waals surface area contributed by atoms with Crippen LogP contribution in [0.25, 0.3) is 0 Å². The van der Waals surface area contributed by atoms with E-state index in [9.17, 15) is 9.59 Å². The molecule has 0 N–H and O–H groups in total. The quantitative estimate of drug-likeness (QED) is 0.0164. The minimum atomic E-state index is -0.408. The number of esters is 2. The SMILES string of the molecule is CCCCCCCCCCCCCCCCOc1ccc(C(=O)Oc2ccc(C=Nc3ccc(Cc4ccc(N=Cc5ccc(OC(=O)c6ccc(OCCCCCCCCCCCCCCCC)cc6)cc5)cc4)cc3)cc2)cc1. The third-order valence-electron chi connectivity index (χ3n) is 14.9. The van der Waals surface area contributed by atoms with E-state index in [0.29, 0.717) is 35.8 Å². The molecule has 81 heavy (non-hydrogen) atoms. The molecule has 6 aromatic carbocycles. The molecular formula is C73H94N2O6. The smallest absolute Gasteiger partial charge is 0.343 e. The first-order valence-electron chi connectivity index (χ1n) is 31.3. The Morgan fingerprint density at radius 1 is 0.321 bits per heavy atom. The minimum Gasteiger partial charge on any atom is -0.494 e. The second-order valence-corrected chi connectivity index (χ2v) is 21.9. The van der Waals surface area contributed by atoms with Crippen LogP contribution in [0, 0.1) is 0 Å². The number of ether oxygens (including phenoxy) is 4. The number of hydrogen-bond donors (Lipinski definition) is 0. The van der Waals surface area contributed by atoms with Crippen molar-refractivity contribution in [1.82, 2.24) is 0 Å². The predicted octanol–water partition coefficient (Wildman–Crippen LogP) is 20.9. The van der Waals surface area contributed by atoms with Crippen LogP contribution in [-0.4, -0.2) is 37.6 Å². The fourth-order valence-electron chi connectivity index (χ4n) is 9.86. The van der Waals surface area contributed by atoms with Gasteiger partial charge in [0.05, 0.1) is 35.7 Å². The summed E-state index contributed by atoms with van der Waals surface area (Å²) in [5.41, 5.74) is 6.79. The van der Waals surface area contributed by atoms with E-state index in [4.69, 9.17) is 18.9 Å². The topological polar surface area (TPSA) is 95.8 Å². The third kappa shape index (κ3) is 27.0. The minimum absolute atomic E-state index is 0.408. The Kier molecular flexibility index (Phi) is 31.0. The molecule has 0 radical (unpaired) electrons. The Labute approximate surface area is 487 Å². The Hall–Kier alpha value is -6.80. The van der Waals surface area contributed by atoms with E-state index < -0.39 is 11.9 Å². The lowest BCUT2D eigenvalue weighted by atomic mass is 10.0. The molecular weight excluding hydrogens is 1000 g/mol. The second-order valence-electron chi connectivity index (χ2n) is 21.9. The zero-order valence-electron chi connectivity index (χ0n) is 49.3. The summed E-state index contributed by atoms with van der Waals surface area (Å²) in [5.74, 6) is 1.66. The van der Waals surface area contributed by atoms with Gasteiger partial charge in [0.25, 0.3) is 0 Å². The molecule has 0 aliphatic heterocycles. The van der Waals surface area contributed by atoms with Gasteiger partial charge in [0.15, 0.2) is 0 Å². The van der Waals surface area contributed by atoms with Gasteiger partial charge in [-0.2, -0.15) is 0 Å². The van der Waals surface area contributed by atoms with Gasteiger partial charge >= 0.3 is 11.9 Å². The maximum Gasteiger partial charge on any atom is 0.343 e. The summed E-state index contributed by atoms with van der Waals surface area (Å²) in [6.45, 7) is 5.93.